The zero-order chi connectivity index (χ0) is 22.5. The molecule has 1 amide bonds. The van der Waals surface area contributed by atoms with Crippen molar-refractivity contribution in [3.8, 4) is 5.75 Å². The number of aromatic carboxylic acids is 1. The van der Waals surface area contributed by atoms with Crippen molar-refractivity contribution in [3.05, 3.63) is 47.7 Å². The van der Waals surface area contributed by atoms with E-state index in [2.05, 4.69) is 10.3 Å². The lowest BCUT2D eigenvalue weighted by molar-refractivity contribution is -0.124. The molecule has 1 aromatic carbocycles. The first-order valence-corrected chi connectivity index (χ1v) is 9.53. The highest BCUT2D eigenvalue weighted by atomic mass is 16.5. The Kier molecular flexibility index (Phi) is 7.15. The lowest BCUT2D eigenvalue weighted by Crippen LogP contribution is -2.37. The van der Waals surface area contributed by atoms with Crippen molar-refractivity contribution in [1.82, 2.24) is 4.98 Å². The molecule has 0 radical (unpaired) electrons. The van der Waals surface area contributed by atoms with Crippen molar-refractivity contribution in [2.75, 3.05) is 30.4 Å². The molecule has 0 fully saturated rings. The predicted octanol–water partition coefficient (Wildman–Crippen LogP) is 3.48. The van der Waals surface area contributed by atoms with Crippen molar-refractivity contribution in [3.63, 3.8) is 0 Å². The van der Waals surface area contributed by atoms with Gasteiger partial charge in [0.15, 0.2) is 5.78 Å². The molecule has 8 heteroatoms. The Morgan fingerprint density at radius 1 is 1.17 bits per heavy atom. The Morgan fingerprint density at radius 3 is 2.30 bits per heavy atom. The quantitative estimate of drug-likeness (QED) is 0.682. The van der Waals surface area contributed by atoms with E-state index in [0.29, 0.717) is 17.9 Å². The van der Waals surface area contributed by atoms with Crippen molar-refractivity contribution < 1.29 is 24.2 Å². The SMILES string of the molecule is CCN(CC(=O)C(C)(C)C)c1ncc(NC(=O)c2ccc(OC)cc2)cc1C(=O)O. The van der Waals surface area contributed by atoms with Gasteiger partial charge in [0.2, 0.25) is 0 Å². The largest absolute Gasteiger partial charge is 0.497 e. The standard InChI is InChI=1S/C22H27N3O5/c1-6-25(13-18(26)22(2,3)4)19-17(21(28)29)11-15(12-23-19)24-20(27)14-7-9-16(30-5)10-8-14/h7-12H,6,13H2,1-5H3,(H,24,27)(H,28,29). The summed E-state index contributed by atoms with van der Waals surface area (Å²) in [6, 6.07) is 7.86. The average Bonchev–Trinajstić information content (AvgIpc) is 2.71. The van der Waals surface area contributed by atoms with Crippen LogP contribution in [0, 0.1) is 5.41 Å². The van der Waals surface area contributed by atoms with Gasteiger partial charge in [0.1, 0.15) is 17.1 Å². The number of benzene rings is 1. The number of anilines is 2. The Balaban J connectivity index is 2.28. The van der Waals surface area contributed by atoms with Gasteiger partial charge in [0.25, 0.3) is 5.91 Å². The first kappa shape index (κ1) is 22.9. The summed E-state index contributed by atoms with van der Waals surface area (Å²) >= 11 is 0. The molecular formula is C22H27N3O5. The number of amides is 1. The lowest BCUT2D eigenvalue weighted by atomic mass is 9.90. The van der Waals surface area contributed by atoms with E-state index in [1.54, 1.807) is 29.2 Å². The smallest absolute Gasteiger partial charge is 0.339 e. The van der Waals surface area contributed by atoms with Gasteiger partial charge in [-0.05, 0) is 37.3 Å². The number of pyridine rings is 1. The maximum Gasteiger partial charge on any atom is 0.339 e. The van der Waals surface area contributed by atoms with Crippen LogP contribution in [0.15, 0.2) is 36.5 Å². The minimum absolute atomic E-state index is 0.0284. The molecule has 2 aromatic rings. The molecule has 2 rings (SSSR count). The van der Waals surface area contributed by atoms with Gasteiger partial charge < -0.3 is 20.1 Å². The molecule has 0 aliphatic carbocycles. The first-order chi connectivity index (χ1) is 14.1. The summed E-state index contributed by atoms with van der Waals surface area (Å²) in [7, 11) is 1.53. The van der Waals surface area contributed by atoms with Crippen molar-refractivity contribution in [1.29, 1.82) is 0 Å². The predicted molar refractivity (Wildman–Crippen MR) is 114 cm³/mol. The zero-order valence-electron chi connectivity index (χ0n) is 17.9. The van der Waals surface area contributed by atoms with Gasteiger partial charge in [0, 0.05) is 17.5 Å². The summed E-state index contributed by atoms with van der Waals surface area (Å²) in [6.45, 7) is 7.71. The highest BCUT2D eigenvalue weighted by Crippen LogP contribution is 2.24. The molecule has 0 saturated carbocycles. The number of carboxylic acids is 1. The highest BCUT2D eigenvalue weighted by Gasteiger charge is 2.26. The summed E-state index contributed by atoms with van der Waals surface area (Å²) in [4.78, 5) is 42.5. The third-order valence-corrected chi connectivity index (χ3v) is 4.56. The maximum atomic E-state index is 12.4. The summed E-state index contributed by atoms with van der Waals surface area (Å²) < 4.78 is 5.07. The number of ether oxygens (including phenoxy) is 1. The number of nitrogens with one attached hydrogen (secondary N) is 1. The van der Waals surface area contributed by atoms with E-state index in [1.807, 2.05) is 27.7 Å². The van der Waals surface area contributed by atoms with Crippen molar-refractivity contribution in [2.24, 2.45) is 5.41 Å². The second-order valence-electron chi connectivity index (χ2n) is 7.77. The average molecular weight is 413 g/mol. The summed E-state index contributed by atoms with van der Waals surface area (Å²) in [5.41, 5.74) is -0.00715. The number of likely N-dealkylation sites (N-methyl/N-ethyl adjacent to an activating group) is 1. The van der Waals surface area contributed by atoms with Crippen LogP contribution in [-0.4, -0.2) is 47.9 Å². The number of Topliss-reactive ketones (excluding diaryl/α,β-unsaturated/α-hetero) is 1. The Morgan fingerprint density at radius 2 is 1.80 bits per heavy atom. The second-order valence-corrected chi connectivity index (χ2v) is 7.77. The van der Waals surface area contributed by atoms with Crippen molar-refractivity contribution >= 4 is 29.2 Å². The third-order valence-electron chi connectivity index (χ3n) is 4.56. The molecule has 30 heavy (non-hydrogen) atoms. The fourth-order valence-corrected chi connectivity index (χ4v) is 2.63. The van der Waals surface area contributed by atoms with Crippen LogP contribution in [0.5, 0.6) is 5.75 Å². The maximum absolute atomic E-state index is 12.4. The van der Waals surface area contributed by atoms with E-state index in [-0.39, 0.29) is 29.4 Å². The van der Waals surface area contributed by atoms with E-state index < -0.39 is 17.3 Å². The third kappa shape index (κ3) is 5.56. The van der Waals surface area contributed by atoms with E-state index in [0.717, 1.165) is 0 Å². The van der Waals surface area contributed by atoms with Gasteiger partial charge >= 0.3 is 5.97 Å². The molecule has 0 spiro atoms. The minimum Gasteiger partial charge on any atom is -0.497 e. The van der Waals surface area contributed by atoms with Gasteiger partial charge in [-0.2, -0.15) is 0 Å². The van der Waals surface area contributed by atoms with Gasteiger partial charge in [-0.15, -0.1) is 0 Å². The summed E-state index contributed by atoms with van der Waals surface area (Å²) in [5.74, 6) is -0.821. The van der Waals surface area contributed by atoms with Crippen LogP contribution >= 0.6 is 0 Å². The topological polar surface area (TPSA) is 109 Å². The van der Waals surface area contributed by atoms with Crippen LogP contribution in [0.2, 0.25) is 0 Å². The van der Waals surface area contributed by atoms with Crippen LogP contribution in [0.3, 0.4) is 0 Å². The Labute approximate surface area is 175 Å². The molecule has 0 saturated heterocycles. The van der Waals surface area contributed by atoms with Gasteiger partial charge in [0.05, 0.1) is 25.5 Å². The van der Waals surface area contributed by atoms with Gasteiger partial charge in [-0.25, -0.2) is 9.78 Å². The van der Waals surface area contributed by atoms with Crippen molar-refractivity contribution in [2.45, 2.75) is 27.7 Å². The molecule has 1 heterocycles. The van der Waals surface area contributed by atoms with Gasteiger partial charge in [-0.3, -0.25) is 9.59 Å². The normalized spacial score (nSPS) is 11.0. The molecule has 0 bridgehead atoms. The first-order valence-electron chi connectivity index (χ1n) is 9.53. The number of nitrogens with zero attached hydrogens (tertiary/aromatic N) is 2. The number of methoxy groups -OCH3 is 1. The summed E-state index contributed by atoms with van der Waals surface area (Å²) in [5, 5.41) is 12.3. The lowest BCUT2D eigenvalue weighted by Gasteiger charge is -2.26. The number of aromatic nitrogens is 1. The van der Waals surface area contributed by atoms with E-state index in [4.69, 9.17) is 4.74 Å². The molecular weight excluding hydrogens is 386 g/mol. The number of carbonyl (C=O) groups excluding carboxylic acids is 2. The molecule has 1 aromatic heterocycles. The van der Waals surface area contributed by atoms with Gasteiger partial charge in [-0.1, -0.05) is 20.8 Å². The zero-order valence-corrected chi connectivity index (χ0v) is 17.9. The van der Waals surface area contributed by atoms with Crippen LogP contribution in [0.4, 0.5) is 11.5 Å². The monoisotopic (exact) mass is 413 g/mol. The molecule has 2 N–H and O–H groups in total. The summed E-state index contributed by atoms with van der Waals surface area (Å²) in [6.07, 6.45) is 1.38. The molecule has 160 valence electrons. The van der Waals surface area contributed by atoms with E-state index in [1.165, 1.54) is 19.4 Å². The molecule has 0 atom stereocenters. The van der Waals surface area contributed by atoms with Crippen LogP contribution in [-0.2, 0) is 4.79 Å². The van der Waals surface area contributed by atoms with E-state index >= 15 is 0 Å². The van der Waals surface area contributed by atoms with Crippen LogP contribution in [0.1, 0.15) is 48.4 Å². The molecule has 0 unspecified atom stereocenters. The number of ketones is 1. The van der Waals surface area contributed by atoms with Crippen LogP contribution < -0.4 is 15.0 Å². The van der Waals surface area contributed by atoms with Crippen LogP contribution in [0.25, 0.3) is 0 Å². The number of hydrogen-bond donors (Lipinski definition) is 2. The highest BCUT2D eigenvalue weighted by molar-refractivity contribution is 6.05. The number of carbonyl (C=O) groups is 3. The number of rotatable bonds is 8. The molecule has 8 nitrogen and oxygen atoms in total. The number of carboxylic acid groups (broad SMARTS) is 1. The number of hydrogen-bond acceptors (Lipinski definition) is 6. The Hall–Kier alpha value is -3.42. The fraction of sp³-hybridized carbons (Fsp3) is 0.364. The molecule has 0 aliphatic heterocycles. The minimum atomic E-state index is -1.19. The molecule has 0 aliphatic rings. The second kappa shape index (κ2) is 9.39. The fourth-order valence-electron chi connectivity index (χ4n) is 2.63. The Bertz CT molecular complexity index is 933. The van der Waals surface area contributed by atoms with E-state index in [9.17, 15) is 19.5 Å².